The summed E-state index contributed by atoms with van der Waals surface area (Å²) in [4.78, 5) is 30.1. The van der Waals surface area contributed by atoms with Gasteiger partial charge in [-0.05, 0) is 24.3 Å². The van der Waals surface area contributed by atoms with Crippen LogP contribution in [0.5, 0.6) is 5.75 Å². The van der Waals surface area contributed by atoms with Crippen molar-refractivity contribution in [1.29, 1.82) is 0 Å². The standard InChI is InChI=1S/C21H20N4O3S/c1-25-10-9-22-20(25)19(14-5-3-4-6-16(14)28-2)24-21(27)13-7-8-17-15(11-13)23-18(26)12-29-17/h3-11,19H,12H2,1-2H3,(H,23,26)(H,24,27)/t19-/m0/s1. The number of carbonyl (C=O) groups is 2. The van der Waals surface area contributed by atoms with E-state index in [9.17, 15) is 9.59 Å². The van der Waals surface area contributed by atoms with Crippen LogP contribution in [-0.4, -0.2) is 34.2 Å². The Hall–Kier alpha value is -3.26. The number of aryl methyl sites for hydroxylation is 1. The monoisotopic (exact) mass is 408 g/mol. The number of methoxy groups -OCH3 is 1. The molecule has 8 heteroatoms. The number of ether oxygens (including phenoxy) is 1. The van der Waals surface area contributed by atoms with Gasteiger partial charge in [-0.15, -0.1) is 11.8 Å². The molecule has 4 rings (SSSR count). The van der Waals surface area contributed by atoms with E-state index < -0.39 is 6.04 Å². The highest BCUT2D eigenvalue weighted by Gasteiger charge is 2.25. The predicted molar refractivity (Wildman–Crippen MR) is 111 cm³/mol. The van der Waals surface area contributed by atoms with E-state index in [1.807, 2.05) is 48.1 Å². The van der Waals surface area contributed by atoms with Crippen molar-refractivity contribution in [2.75, 3.05) is 18.2 Å². The quantitative estimate of drug-likeness (QED) is 0.678. The molecule has 1 aliphatic heterocycles. The fraction of sp³-hybridized carbons (Fsp3) is 0.190. The Labute approximate surface area is 172 Å². The molecule has 3 aromatic rings. The molecular formula is C21H20N4O3S. The predicted octanol–water partition coefficient (Wildman–Crippen LogP) is 2.99. The minimum absolute atomic E-state index is 0.0695. The lowest BCUT2D eigenvalue weighted by Gasteiger charge is -2.22. The van der Waals surface area contributed by atoms with Crippen LogP contribution in [0.4, 0.5) is 5.69 Å². The summed E-state index contributed by atoms with van der Waals surface area (Å²) in [5, 5.41) is 5.88. The average molecular weight is 408 g/mol. The number of para-hydroxylation sites is 1. The minimum Gasteiger partial charge on any atom is -0.496 e. The van der Waals surface area contributed by atoms with Gasteiger partial charge in [0.1, 0.15) is 17.6 Å². The summed E-state index contributed by atoms with van der Waals surface area (Å²) < 4.78 is 7.36. The third-order valence-corrected chi connectivity index (χ3v) is 5.79. The van der Waals surface area contributed by atoms with Gasteiger partial charge in [0.25, 0.3) is 5.91 Å². The number of anilines is 1. The Balaban J connectivity index is 1.68. The molecule has 0 saturated heterocycles. The van der Waals surface area contributed by atoms with Crippen molar-refractivity contribution in [3.05, 3.63) is 71.8 Å². The van der Waals surface area contributed by atoms with Crippen LogP contribution in [0.1, 0.15) is 27.8 Å². The summed E-state index contributed by atoms with van der Waals surface area (Å²) in [6.07, 6.45) is 3.52. The maximum Gasteiger partial charge on any atom is 0.252 e. The number of carbonyl (C=O) groups excluding carboxylic acids is 2. The Morgan fingerprint density at radius 3 is 2.90 bits per heavy atom. The van der Waals surface area contributed by atoms with Crippen molar-refractivity contribution >= 4 is 29.3 Å². The van der Waals surface area contributed by atoms with Crippen molar-refractivity contribution in [3.63, 3.8) is 0 Å². The first kappa shape index (κ1) is 19.1. The number of hydrogen-bond donors (Lipinski definition) is 2. The first-order chi connectivity index (χ1) is 14.1. The Morgan fingerprint density at radius 2 is 2.14 bits per heavy atom. The molecule has 2 aromatic carbocycles. The molecule has 0 radical (unpaired) electrons. The van der Waals surface area contributed by atoms with Crippen LogP contribution < -0.4 is 15.4 Å². The van der Waals surface area contributed by atoms with Gasteiger partial charge in [-0.2, -0.15) is 0 Å². The highest BCUT2D eigenvalue weighted by atomic mass is 32.2. The van der Waals surface area contributed by atoms with Crippen LogP contribution in [0, 0.1) is 0 Å². The molecule has 0 spiro atoms. The number of fused-ring (bicyclic) bond motifs is 1. The van der Waals surface area contributed by atoms with Gasteiger partial charge in [-0.25, -0.2) is 4.98 Å². The molecule has 0 unspecified atom stereocenters. The molecule has 0 aliphatic carbocycles. The molecule has 29 heavy (non-hydrogen) atoms. The lowest BCUT2D eigenvalue weighted by Crippen LogP contribution is -2.31. The molecule has 0 saturated carbocycles. The van der Waals surface area contributed by atoms with Gasteiger partial charge >= 0.3 is 0 Å². The highest BCUT2D eigenvalue weighted by Crippen LogP contribution is 2.33. The van der Waals surface area contributed by atoms with Crippen molar-refractivity contribution < 1.29 is 14.3 Å². The van der Waals surface area contributed by atoms with Crippen molar-refractivity contribution in [1.82, 2.24) is 14.9 Å². The molecule has 2 heterocycles. The van der Waals surface area contributed by atoms with E-state index >= 15 is 0 Å². The van der Waals surface area contributed by atoms with Gasteiger partial charge in [0.15, 0.2) is 0 Å². The summed E-state index contributed by atoms with van der Waals surface area (Å²) in [6, 6.07) is 12.3. The van der Waals surface area contributed by atoms with E-state index in [0.29, 0.717) is 28.6 Å². The van der Waals surface area contributed by atoms with Gasteiger partial charge < -0.3 is 19.9 Å². The molecule has 1 aromatic heterocycles. The second-order valence-corrected chi connectivity index (χ2v) is 7.61. The zero-order chi connectivity index (χ0) is 20.4. The fourth-order valence-electron chi connectivity index (χ4n) is 3.28. The number of amides is 2. The second-order valence-electron chi connectivity index (χ2n) is 6.59. The minimum atomic E-state index is -0.501. The number of hydrogen-bond acceptors (Lipinski definition) is 5. The molecular weight excluding hydrogens is 388 g/mol. The van der Waals surface area contributed by atoms with Crippen LogP contribution in [0.2, 0.25) is 0 Å². The van der Waals surface area contributed by atoms with E-state index in [2.05, 4.69) is 15.6 Å². The molecule has 1 aliphatic rings. The van der Waals surface area contributed by atoms with Crippen LogP contribution in [0.3, 0.4) is 0 Å². The number of nitrogens with zero attached hydrogens (tertiary/aromatic N) is 2. The molecule has 148 valence electrons. The number of aromatic nitrogens is 2. The summed E-state index contributed by atoms with van der Waals surface area (Å²) in [5.74, 6) is 1.39. The van der Waals surface area contributed by atoms with Gasteiger partial charge in [-0.3, -0.25) is 9.59 Å². The maximum atomic E-state index is 13.1. The van der Waals surface area contributed by atoms with Crippen LogP contribution in [-0.2, 0) is 11.8 Å². The van der Waals surface area contributed by atoms with E-state index in [-0.39, 0.29) is 11.8 Å². The molecule has 1 atom stereocenters. The molecule has 2 N–H and O–H groups in total. The Morgan fingerprint density at radius 1 is 1.31 bits per heavy atom. The highest BCUT2D eigenvalue weighted by molar-refractivity contribution is 8.00. The molecule has 7 nitrogen and oxygen atoms in total. The van der Waals surface area contributed by atoms with E-state index in [1.165, 1.54) is 11.8 Å². The lowest BCUT2D eigenvalue weighted by atomic mass is 10.0. The second kappa shape index (κ2) is 8.00. The number of benzene rings is 2. The zero-order valence-corrected chi connectivity index (χ0v) is 16.8. The third-order valence-electron chi connectivity index (χ3n) is 4.72. The largest absolute Gasteiger partial charge is 0.496 e. The summed E-state index contributed by atoms with van der Waals surface area (Å²) in [6.45, 7) is 0. The summed E-state index contributed by atoms with van der Waals surface area (Å²) >= 11 is 1.46. The maximum absolute atomic E-state index is 13.1. The lowest BCUT2D eigenvalue weighted by molar-refractivity contribution is -0.113. The summed E-state index contributed by atoms with van der Waals surface area (Å²) in [7, 11) is 3.47. The van der Waals surface area contributed by atoms with Crippen molar-refractivity contribution in [2.45, 2.75) is 10.9 Å². The first-order valence-corrected chi connectivity index (χ1v) is 10.0. The molecule has 0 bridgehead atoms. The van der Waals surface area contributed by atoms with E-state index in [4.69, 9.17) is 4.74 Å². The average Bonchev–Trinajstić information content (AvgIpc) is 3.16. The normalized spacial score (nSPS) is 13.9. The smallest absolute Gasteiger partial charge is 0.252 e. The Kier molecular flexibility index (Phi) is 5.26. The number of thioether (sulfide) groups is 1. The van der Waals surface area contributed by atoms with Gasteiger partial charge in [-0.1, -0.05) is 18.2 Å². The van der Waals surface area contributed by atoms with Crippen molar-refractivity contribution in [3.8, 4) is 5.75 Å². The van der Waals surface area contributed by atoms with Crippen LogP contribution in [0.15, 0.2) is 59.8 Å². The first-order valence-electron chi connectivity index (χ1n) is 9.04. The summed E-state index contributed by atoms with van der Waals surface area (Å²) in [5.41, 5.74) is 1.92. The number of rotatable bonds is 5. The fourth-order valence-corrected chi connectivity index (χ4v) is 4.07. The van der Waals surface area contributed by atoms with Gasteiger partial charge in [0.05, 0.1) is 18.6 Å². The Bertz CT molecular complexity index is 1080. The number of nitrogens with one attached hydrogen (secondary N) is 2. The van der Waals surface area contributed by atoms with Crippen LogP contribution in [0.25, 0.3) is 0 Å². The number of imidazole rings is 1. The van der Waals surface area contributed by atoms with E-state index in [0.717, 1.165) is 10.5 Å². The molecule has 0 fully saturated rings. The zero-order valence-electron chi connectivity index (χ0n) is 16.0. The van der Waals surface area contributed by atoms with Crippen molar-refractivity contribution in [2.24, 2.45) is 7.05 Å². The van der Waals surface area contributed by atoms with E-state index in [1.54, 1.807) is 25.4 Å². The van der Waals surface area contributed by atoms with Gasteiger partial charge in [0.2, 0.25) is 5.91 Å². The molecule has 2 amide bonds. The SMILES string of the molecule is COc1ccccc1[C@H](NC(=O)c1ccc2c(c1)NC(=O)CS2)c1nccn1C. The van der Waals surface area contributed by atoms with Crippen LogP contribution >= 0.6 is 11.8 Å². The van der Waals surface area contributed by atoms with Gasteiger partial charge in [0, 0.05) is 35.5 Å². The topological polar surface area (TPSA) is 85.2 Å². The third kappa shape index (κ3) is 3.84.